The van der Waals surface area contributed by atoms with Crippen molar-refractivity contribution in [3.63, 3.8) is 0 Å². The SMILES string of the molecule is CN(C(=O)C1(NC(=O)OCc2ccccc2)CC1)c1ccc(C(=O)Nc2cc(-c3ccc(F)cc3)ccc2N)cc1F. The van der Waals surface area contributed by atoms with E-state index in [0.717, 1.165) is 22.1 Å². The van der Waals surface area contributed by atoms with Crippen LogP contribution < -0.4 is 21.3 Å². The highest BCUT2D eigenvalue weighted by Gasteiger charge is 2.53. The van der Waals surface area contributed by atoms with Crippen LogP contribution in [0.4, 0.5) is 30.6 Å². The molecule has 0 saturated heterocycles. The Kier molecular flexibility index (Phi) is 7.88. The van der Waals surface area contributed by atoms with Crippen molar-refractivity contribution < 1.29 is 27.9 Å². The van der Waals surface area contributed by atoms with Crippen LogP contribution in [-0.4, -0.2) is 30.5 Å². The number of halogens is 2. The van der Waals surface area contributed by atoms with Crippen molar-refractivity contribution >= 4 is 35.0 Å². The zero-order chi connectivity index (χ0) is 29.9. The van der Waals surface area contributed by atoms with E-state index in [9.17, 15) is 18.8 Å². The maximum absolute atomic E-state index is 15.2. The predicted molar refractivity (Wildman–Crippen MR) is 156 cm³/mol. The van der Waals surface area contributed by atoms with Crippen LogP contribution in [0.5, 0.6) is 0 Å². The zero-order valence-corrected chi connectivity index (χ0v) is 22.7. The second-order valence-electron chi connectivity index (χ2n) is 10.1. The summed E-state index contributed by atoms with van der Waals surface area (Å²) in [4.78, 5) is 39.7. The monoisotopic (exact) mass is 570 g/mol. The number of nitrogen functional groups attached to an aromatic ring is 1. The molecular formula is C32H28F2N4O4. The molecule has 8 nitrogen and oxygen atoms in total. The topological polar surface area (TPSA) is 114 Å². The van der Waals surface area contributed by atoms with Gasteiger partial charge in [0.2, 0.25) is 0 Å². The Labute approximate surface area is 241 Å². The fourth-order valence-corrected chi connectivity index (χ4v) is 4.50. The summed E-state index contributed by atoms with van der Waals surface area (Å²) < 4.78 is 33.7. The van der Waals surface area contributed by atoms with Crippen molar-refractivity contribution in [2.75, 3.05) is 23.0 Å². The molecule has 0 heterocycles. The number of hydrogen-bond acceptors (Lipinski definition) is 5. The Hall–Kier alpha value is -5.25. The second kappa shape index (κ2) is 11.7. The minimum absolute atomic E-state index is 0.00688. The molecule has 1 saturated carbocycles. The van der Waals surface area contributed by atoms with Crippen molar-refractivity contribution in [3.8, 4) is 11.1 Å². The van der Waals surface area contributed by atoms with Gasteiger partial charge in [0.25, 0.3) is 11.8 Å². The van der Waals surface area contributed by atoms with Gasteiger partial charge in [0.15, 0.2) is 0 Å². The number of nitrogens with one attached hydrogen (secondary N) is 2. The van der Waals surface area contributed by atoms with Gasteiger partial charge in [0.1, 0.15) is 23.8 Å². The second-order valence-corrected chi connectivity index (χ2v) is 10.1. The molecule has 1 fully saturated rings. The first-order valence-corrected chi connectivity index (χ1v) is 13.2. The Morgan fingerprint density at radius 3 is 2.26 bits per heavy atom. The Bertz CT molecular complexity index is 1640. The van der Waals surface area contributed by atoms with Gasteiger partial charge >= 0.3 is 6.09 Å². The first kappa shape index (κ1) is 28.3. The average Bonchev–Trinajstić information content (AvgIpc) is 3.77. The normalized spacial score (nSPS) is 13.1. The van der Waals surface area contributed by atoms with Gasteiger partial charge in [-0.15, -0.1) is 0 Å². The number of anilines is 3. The molecule has 5 rings (SSSR count). The largest absolute Gasteiger partial charge is 0.445 e. The molecule has 3 amide bonds. The highest BCUT2D eigenvalue weighted by Crippen LogP contribution is 2.38. The highest BCUT2D eigenvalue weighted by molar-refractivity contribution is 6.07. The maximum atomic E-state index is 15.2. The molecule has 4 aromatic rings. The molecule has 4 aromatic carbocycles. The molecule has 1 aliphatic carbocycles. The lowest BCUT2D eigenvalue weighted by molar-refractivity contribution is -0.121. The van der Waals surface area contributed by atoms with Crippen LogP contribution in [-0.2, 0) is 16.1 Å². The summed E-state index contributed by atoms with van der Waals surface area (Å²) in [7, 11) is 1.40. The summed E-state index contributed by atoms with van der Waals surface area (Å²) >= 11 is 0. The maximum Gasteiger partial charge on any atom is 0.408 e. The van der Waals surface area contributed by atoms with Gasteiger partial charge in [0.05, 0.1) is 17.1 Å². The molecule has 10 heteroatoms. The molecule has 4 N–H and O–H groups in total. The van der Waals surface area contributed by atoms with E-state index >= 15 is 4.39 Å². The van der Waals surface area contributed by atoms with Gasteiger partial charge in [-0.05, 0) is 72.0 Å². The van der Waals surface area contributed by atoms with Crippen molar-refractivity contribution in [2.24, 2.45) is 0 Å². The van der Waals surface area contributed by atoms with Gasteiger partial charge in [-0.3, -0.25) is 9.59 Å². The van der Waals surface area contributed by atoms with E-state index in [1.165, 1.54) is 31.3 Å². The molecular weight excluding hydrogens is 542 g/mol. The third kappa shape index (κ3) is 6.22. The van der Waals surface area contributed by atoms with Crippen LogP contribution in [0.1, 0.15) is 28.8 Å². The number of nitrogens with zero attached hydrogens (tertiary/aromatic N) is 1. The summed E-state index contributed by atoms with van der Waals surface area (Å²) in [6.45, 7) is 0.0487. The van der Waals surface area contributed by atoms with E-state index in [1.807, 2.05) is 30.3 Å². The zero-order valence-electron chi connectivity index (χ0n) is 22.7. The number of carbonyl (C=O) groups is 3. The van der Waals surface area contributed by atoms with Crippen LogP contribution in [0.25, 0.3) is 11.1 Å². The van der Waals surface area contributed by atoms with Crippen LogP contribution in [0.3, 0.4) is 0 Å². The summed E-state index contributed by atoms with van der Waals surface area (Å²) in [5, 5.41) is 5.30. The number of alkyl carbamates (subject to hydrolysis) is 1. The van der Waals surface area contributed by atoms with Crippen LogP contribution in [0, 0.1) is 11.6 Å². The average molecular weight is 571 g/mol. The first-order valence-electron chi connectivity index (χ1n) is 13.2. The van der Waals surface area contributed by atoms with E-state index in [0.29, 0.717) is 29.8 Å². The van der Waals surface area contributed by atoms with Gasteiger partial charge in [-0.2, -0.15) is 0 Å². The minimum Gasteiger partial charge on any atom is -0.445 e. The number of nitrogens with two attached hydrogens (primary N) is 1. The first-order chi connectivity index (χ1) is 20.1. The lowest BCUT2D eigenvalue weighted by atomic mass is 10.0. The fraction of sp³-hybridized carbons (Fsp3) is 0.156. The molecule has 214 valence electrons. The van der Waals surface area contributed by atoms with E-state index in [2.05, 4.69) is 10.6 Å². The summed E-state index contributed by atoms with van der Waals surface area (Å²) in [6, 6.07) is 23.7. The number of amides is 3. The lowest BCUT2D eigenvalue weighted by Gasteiger charge is -2.24. The minimum atomic E-state index is -1.18. The van der Waals surface area contributed by atoms with Gasteiger partial charge in [0, 0.05) is 12.6 Å². The van der Waals surface area contributed by atoms with Crippen molar-refractivity contribution in [1.82, 2.24) is 5.32 Å². The molecule has 0 aromatic heterocycles. The number of hydrogen-bond donors (Lipinski definition) is 3. The van der Waals surface area contributed by atoms with E-state index in [1.54, 1.807) is 30.3 Å². The molecule has 1 aliphatic rings. The quantitative estimate of drug-likeness (QED) is 0.229. The number of rotatable bonds is 8. The molecule has 0 unspecified atom stereocenters. The van der Waals surface area contributed by atoms with Crippen molar-refractivity contribution in [2.45, 2.75) is 25.0 Å². The number of ether oxygens (including phenoxy) is 1. The summed E-state index contributed by atoms with van der Waals surface area (Å²) in [5.74, 6) is -2.28. The lowest BCUT2D eigenvalue weighted by Crippen LogP contribution is -2.50. The number of carbonyl (C=O) groups excluding carboxylic acids is 3. The Morgan fingerprint density at radius 2 is 1.60 bits per heavy atom. The number of benzene rings is 4. The molecule has 0 spiro atoms. The van der Waals surface area contributed by atoms with Gasteiger partial charge in [-0.25, -0.2) is 13.6 Å². The molecule has 0 atom stereocenters. The summed E-state index contributed by atoms with van der Waals surface area (Å²) in [5.41, 5.74) is 7.64. The molecule has 0 aliphatic heterocycles. The van der Waals surface area contributed by atoms with E-state index in [-0.39, 0.29) is 23.7 Å². The van der Waals surface area contributed by atoms with Crippen molar-refractivity contribution in [3.05, 3.63) is 114 Å². The van der Waals surface area contributed by atoms with Crippen LogP contribution in [0.15, 0.2) is 91.0 Å². The van der Waals surface area contributed by atoms with Crippen molar-refractivity contribution in [1.29, 1.82) is 0 Å². The van der Waals surface area contributed by atoms with Crippen LogP contribution in [0.2, 0.25) is 0 Å². The molecule has 0 bridgehead atoms. The van der Waals surface area contributed by atoms with Gasteiger partial charge < -0.3 is 26.0 Å². The standard InChI is InChI=1S/C32H28F2N4O4/c1-38(30(40)32(15-16-32)37-31(41)42-19-20-5-3-2-4-6-20)28-14-10-23(17-25(28)34)29(39)36-27-18-22(9-13-26(27)35)21-7-11-24(33)12-8-21/h2-14,17-18H,15-16,19,35H2,1H3,(H,36,39)(H,37,41). The summed E-state index contributed by atoms with van der Waals surface area (Å²) in [6.07, 6.45) is 0.0298. The van der Waals surface area contributed by atoms with E-state index < -0.39 is 29.3 Å². The molecule has 0 radical (unpaired) electrons. The van der Waals surface area contributed by atoms with Gasteiger partial charge in [-0.1, -0.05) is 48.5 Å². The predicted octanol–water partition coefficient (Wildman–Crippen LogP) is 5.89. The smallest absolute Gasteiger partial charge is 0.408 e. The fourth-order valence-electron chi connectivity index (χ4n) is 4.50. The highest BCUT2D eigenvalue weighted by atomic mass is 19.1. The van der Waals surface area contributed by atoms with E-state index in [4.69, 9.17) is 10.5 Å². The number of likely N-dealkylation sites (N-methyl/N-ethyl adjacent to an activating group) is 1. The molecule has 42 heavy (non-hydrogen) atoms. The Balaban J connectivity index is 1.24. The third-order valence-electron chi connectivity index (χ3n) is 7.07. The third-order valence-corrected chi connectivity index (χ3v) is 7.07. The van der Waals surface area contributed by atoms with Crippen LogP contribution >= 0.6 is 0 Å². The Morgan fingerprint density at radius 1 is 0.905 bits per heavy atom.